The predicted molar refractivity (Wildman–Crippen MR) is 132 cm³/mol. The van der Waals surface area contributed by atoms with Crippen LogP contribution < -0.4 is 5.32 Å². The van der Waals surface area contributed by atoms with Crippen LogP contribution in [0.1, 0.15) is 10.4 Å². The molecule has 0 unspecified atom stereocenters. The van der Waals surface area contributed by atoms with Gasteiger partial charge in [-0.25, -0.2) is 0 Å². The van der Waals surface area contributed by atoms with Crippen LogP contribution in [0, 0.1) is 0 Å². The lowest BCUT2D eigenvalue weighted by atomic mass is 10.1. The highest BCUT2D eigenvalue weighted by atomic mass is 35.5. The molecule has 7 nitrogen and oxygen atoms in total. The third-order valence-electron chi connectivity index (χ3n) is 5.93. The van der Waals surface area contributed by atoms with Crippen LogP contribution in [0.5, 0.6) is 0 Å². The van der Waals surface area contributed by atoms with E-state index in [0.717, 1.165) is 10.9 Å². The summed E-state index contributed by atoms with van der Waals surface area (Å²) in [5.74, 6) is 0.487. The highest BCUT2D eigenvalue weighted by molar-refractivity contribution is 6.33. The smallest absolute Gasteiger partial charge is 0.253 e. The lowest BCUT2D eigenvalue weighted by Crippen LogP contribution is -2.50. The largest absolute Gasteiger partial charge is 0.355 e. The zero-order valence-electron chi connectivity index (χ0n) is 18.4. The third-order valence-corrected chi connectivity index (χ3v) is 6.26. The van der Waals surface area contributed by atoms with Gasteiger partial charge in [-0.3, -0.25) is 14.5 Å². The Morgan fingerprint density at radius 3 is 2.44 bits per heavy atom. The van der Waals surface area contributed by atoms with Gasteiger partial charge in [-0.15, -0.1) is 0 Å². The summed E-state index contributed by atoms with van der Waals surface area (Å²) >= 11 is 6.11. The van der Waals surface area contributed by atoms with E-state index in [9.17, 15) is 9.59 Å². The minimum atomic E-state index is -0.126. The fraction of sp³-hybridized carbons (Fsp3) is 0.192. The summed E-state index contributed by atoms with van der Waals surface area (Å²) in [6.07, 6.45) is 0. The summed E-state index contributed by atoms with van der Waals surface area (Å²) in [4.78, 5) is 29.4. The molecule has 1 saturated heterocycles. The molecule has 1 aliphatic rings. The Hall–Kier alpha value is -3.68. The molecule has 0 radical (unpaired) electrons. The molecule has 1 aromatic heterocycles. The van der Waals surface area contributed by atoms with Crippen LogP contribution in [-0.2, 0) is 4.79 Å². The van der Waals surface area contributed by atoms with E-state index in [1.165, 1.54) is 0 Å². The van der Waals surface area contributed by atoms with Gasteiger partial charge in [-0.05, 0) is 30.3 Å². The molecular formula is C26H23ClN4O3. The number of fused-ring (bicyclic) bond motifs is 1. The van der Waals surface area contributed by atoms with Gasteiger partial charge in [-0.2, -0.15) is 0 Å². The van der Waals surface area contributed by atoms with Gasteiger partial charge in [0, 0.05) is 37.3 Å². The Balaban J connectivity index is 1.22. The van der Waals surface area contributed by atoms with Crippen LogP contribution >= 0.6 is 11.6 Å². The lowest BCUT2D eigenvalue weighted by molar-refractivity contribution is -0.117. The molecule has 2 amide bonds. The molecule has 0 aliphatic carbocycles. The number of hydrogen-bond donors (Lipinski definition) is 1. The van der Waals surface area contributed by atoms with E-state index in [2.05, 4.69) is 10.5 Å². The highest BCUT2D eigenvalue weighted by Gasteiger charge is 2.24. The number of nitrogens with zero attached hydrogens (tertiary/aromatic N) is 3. The van der Waals surface area contributed by atoms with Crippen molar-refractivity contribution in [1.29, 1.82) is 0 Å². The zero-order valence-corrected chi connectivity index (χ0v) is 19.2. The molecule has 0 spiro atoms. The summed E-state index contributed by atoms with van der Waals surface area (Å²) in [5, 5.41) is 8.29. The average molecular weight is 475 g/mol. The van der Waals surface area contributed by atoms with Crippen molar-refractivity contribution in [2.24, 2.45) is 0 Å². The summed E-state index contributed by atoms with van der Waals surface area (Å²) in [6, 6.07) is 22.3. The van der Waals surface area contributed by atoms with Gasteiger partial charge in [0.05, 0.1) is 22.6 Å². The quantitative estimate of drug-likeness (QED) is 0.459. The van der Waals surface area contributed by atoms with Crippen LogP contribution in [0.2, 0.25) is 5.02 Å². The van der Waals surface area contributed by atoms with Gasteiger partial charge < -0.3 is 14.7 Å². The first-order chi connectivity index (χ1) is 16.6. The Morgan fingerprint density at radius 1 is 0.941 bits per heavy atom. The molecule has 3 aromatic carbocycles. The van der Waals surface area contributed by atoms with E-state index in [0.29, 0.717) is 53.7 Å². The van der Waals surface area contributed by atoms with Crippen molar-refractivity contribution in [3.63, 3.8) is 0 Å². The summed E-state index contributed by atoms with van der Waals surface area (Å²) in [7, 11) is 0. The van der Waals surface area contributed by atoms with Gasteiger partial charge in [-0.1, -0.05) is 59.2 Å². The number of anilines is 1. The van der Waals surface area contributed by atoms with E-state index >= 15 is 0 Å². The van der Waals surface area contributed by atoms with E-state index < -0.39 is 0 Å². The maximum absolute atomic E-state index is 13.2. The number of hydrogen-bond acceptors (Lipinski definition) is 5. The number of rotatable bonds is 5. The fourth-order valence-electron chi connectivity index (χ4n) is 4.12. The zero-order chi connectivity index (χ0) is 23.5. The number of piperazine rings is 1. The van der Waals surface area contributed by atoms with Crippen molar-refractivity contribution in [2.45, 2.75) is 0 Å². The van der Waals surface area contributed by atoms with Crippen LogP contribution in [0.15, 0.2) is 77.3 Å². The van der Waals surface area contributed by atoms with Crippen molar-refractivity contribution < 1.29 is 14.1 Å². The Morgan fingerprint density at radius 2 is 1.68 bits per heavy atom. The maximum atomic E-state index is 13.2. The summed E-state index contributed by atoms with van der Waals surface area (Å²) in [6.45, 7) is 2.58. The normalized spacial score (nSPS) is 14.3. The molecule has 1 fully saturated rings. The number of nitrogens with one attached hydrogen (secondary N) is 1. The van der Waals surface area contributed by atoms with Crippen molar-refractivity contribution in [1.82, 2.24) is 15.0 Å². The molecular weight excluding hydrogens is 452 g/mol. The minimum Gasteiger partial charge on any atom is -0.355 e. The predicted octanol–water partition coefficient (Wildman–Crippen LogP) is 4.54. The Kier molecular flexibility index (Phi) is 6.29. The Bertz CT molecular complexity index is 1330. The van der Waals surface area contributed by atoms with Crippen molar-refractivity contribution >= 4 is 40.0 Å². The molecule has 4 aromatic rings. The molecule has 172 valence electrons. The second-order valence-corrected chi connectivity index (χ2v) is 8.61. The van der Waals surface area contributed by atoms with Crippen molar-refractivity contribution in [3.8, 4) is 11.3 Å². The standard InChI is InChI=1S/C26H23ClN4O3/c27-21-8-4-5-9-23(21)28-24(32)17-30-12-14-31(15-13-30)26(33)19-10-11-22-20(16-19)25(34-29-22)18-6-2-1-3-7-18/h1-11,16H,12-15,17H2,(H,28,32). The Labute approximate surface area is 201 Å². The minimum absolute atomic E-state index is 0.0396. The molecule has 34 heavy (non-hydrogen) atoms. The summed E-state index contributed by atoms with van der Waals surface area (Å²) in [5.41, 5.74) is 2.82. The molecule has 0 bridgehead atoms. The van der Waals surface area contributed by atoms with Gasteiger partial charge in [0.1, 0.15) is 5.52 Å². The third kappa shape index (κ3) is 4.66. The first-order valence-electron chi connectivity index (χ1n) is 11.1. The van der Waals surface area contributed by atoms with Gasteiger partial charge in [0.15, 0.2) is 5.76 Å². The van der Waals surface area contributed by atoms with E-state index in [1.54, 1.807) is 18.2 Å². The number of carbonyl (C=O) groups is 2. The second kappa shape index (κ2) is 9.67. The van der Waals surface area contributed by atoms with Gasteiger partial charge in [0.25, 0.3) is 5.91 Å². The first kappa shape index (κ1) is 22.1. The highest BCUT2D eigenvalue weighted by Crippen LogP contribution is 2.29. The molecule has 0 atom stereocenters. The molecule has 0 saturated carbocycles. The average Bonchev–Trinajstić information content (AvgIpc) is 3.29. The van der Waals surface area contributed by atoms with E-state index in [1.807, 2.05) is 64.4 Å². The molecule has 1 N–H and O–H groups in total. The molecule has 2 heterocycles. The summed E-state index contributed by atoms with van der Waals surface area (Å²) < 4.78 is 5.55. The second-order valence-electron chi connectivity index (χ2n) is 8.21. The van der Waals surface area contributed by atoms with Crippen LogP contribution in [0.25, 0.3) is 22.2 Å². The first-order valence-corrected chi connectivity index (χ1v) is 11.5. The maximum Gasteiger partial charge on any atom is 0.253 e. The van der Waals surface area contributed by atoms with Crippen LogP contribution in [0.3, 0.4) is 0 Å². The van der Waals surface area contributed by atoms with Crippen LogP contribution in [0.4, 0.5) is 5.69 Å². The van der Waals surface area contributed by atoms with E-state index in [4.69, 9.17) is 16.1 Å². The topological polar surface area (TPSA) is 78.7 Å². The SMILES string of the molecule is O=C(CN1CCN(C(=O)c2ccc3noc(-c4ccccc4)c3c2)CC1)Nc1ccccc1Cl. The van der Waals surface area contributed by atoms with E-state index in [-0.39, 0.29) is 18.4 Å². The number of benzene rings is 3. The molecule has 1 aliphatic heterocycles. The van der Waals surface area contributed by atoms with Crippen LogP contribution in [-0.4, -0.2) is 59.5 Å². The van der Waals surface area contributed by atoms with Crippen molar-refractivity contribution in [3.05, 3.63) is 83.4 Å². The fourth-order valence-corrected chi connectivity index (χ4v) is 4.30. The number of halogens is 1. The van der Waals surface area contributed by atoms with Gasteiger partial charge in [0.2, 0.25) is 5.91 Å². The number of aromatic nitrogens is 1. The lowest BCUT2D eigenvalue weighted by Gasteiger charge is -2.34. The molecule has 8 heteroatoms. The number of para-hydroxylation sites is 1. The monoisotopic (exact) mass is 474 g/mol. The van der Waals surface area contributed by atoms with Gasteiger partial charge >= 0.3 is 0 Å². The number of carbonyl (C=O) groups excluding carboxylic acids is 2. The molecule has 5 rings (SSSR count). The van der Waals surface area contributed by atoms with Crippen molar-refractivity contribution in [2.75, 3.05) is 38.0 Å². The number of amides is 2.